The van der Waals surface area contributed by atoms with Gasteiger partial charge >= 0.3 is 6.18 Å². The number of aromatic amines is 1. The fraction of sp³-hybridized carbons (Fsp3) is 0.290. The zero-order valence-corrected chi connectivity index (χ0v) is 21.7. The van der Waals surface area contributed by atoms with Crippen LogP contribution in [0.3, 0.4) is 0 Å². The molecule has 2 aliphatic rings. The van der Waals surface area contributed by atoms with Crippen LogP contribution < -0.4 is 0 Å². The van der Waals surface area contributed by atoms with Crippen molar-refractivity contribution in [1.82, 2.24) is 14.8 Å². The van der Waals surface area contributed by atoms with E-state index in [9.17, 15) is 22.8 Å². The van der Waals surface area contributed by atoms with Crippen molar-refractivity contribution in [2.75, 3.05) is 13.1 Å². The van der Waals surface area contributed by atoms with Crippen molar-refractivity contribution in [3.05, 3.63) is 106 Å². The first-order chi connectivity index (χ1) is 18.6. The van der Waals surface area contributed by atoms with Gasteiger partial charge < -0.3 is 14.8 Å². The molecule has 1 saturated heterocycles. The molecule has 4 aromatic rings. The van der Waals surface area contributed by atoms with Gasteiger partial charge in [0, 0.05) is 29.9 Å². The highest BCUT2D eigenvalue weighted by Gasteiger charge is 2.56. The van der Waals surface area contributed by atoms with Gasteiger partial charge in [-0.25, -0.2) is 0 Å². The van der Waals surface area contributed by atoms with Crippen LogP contribution in [0.2, 0.25) is 0 Å². The van der Waals surface area contributed by atoms with E-state index in [-0.39, 0.29) is 30.8 Å². The van der Waals surface area contributed by atoms with Crippen LogP contribution in [-0.2, 0) is 34.3 Å². The number of para-hydroxylation sites is 1. The number of piperazine rings is 1. The van der Waals surface area contributed by atoms with E-state index in [0.29, 0.717) is 17.8 Å². The van der Waals surface area contributed by atoms with Gasteiger partial charge in [-0.05, 0) is 53.8 Å². The van der Waals surface area contributed by atoms with Crippen molar-refractivity contribution in [1.29, 1.82) is 0 Å². The lowest BCUT2D eigenvalue weighted by molar-refractivity contribution is -0.167. The maximum atomic E-state index is 14.2. The highest BCUT2D eigenvalue weighted by atomic mass is 19.4. The van der Waals surface area contributed by atoms with E-state index < -0.39 is 17.3 Å². The lowest BCUT2D eigenvalue weighted by Crippen LogP contribution is -2.67. The van der Waals surface area contributed by atoms with Crippen LogP contribution in [-0.4, -0.2) is 39.7 Å². The summed E-state index contributed by atoms with van der Waals surface area (Å²) in [6.07, 6.45) is -3.57. The molecule has 0 spiro atoms. The van der Waals surface area contributed by atoms with Crippen molar-refractivity contribution < 1.29 is 22.8 Å². The Kier molecular flexibility index (Phi) is 5.82. The number of benzene rings is 3. The number of H-pyrrole nitrogens is 1. The Morgan fingerprint density at radius 2 is 1.72 bits per heavy atom. The lowest BCUT2D eigenvalue weighted by atomic mass is 9.76. The normalized spacial score (nSPS) is 21.3. The Morgan fingerprint density at radius 1 is 0.974 bits per heavy atom. The zero-order chi connectivity index (χ0) is 27.5. The number of amides is 2. The molecule has 200 valence electrons. The van der Waals surface area contributed by atoms with Crippen LogP contribution in [0.25, 0.3) is 10.9 Å². The summed E-state index contributed by atoms with van der Waals surface area (Å²) in [5, 5.41) is 0.994. The number of aryl methyl sites for hydroxylation is 1. The quantitative estimate of drug-likeness (QED) is 0.352. The molecule has 1 N–H and O–H groups in total. The molecule has 3 heterocycles. The van der Waals surface area contributed by atoms with Crippen molar-refractivity contribution in [3.8, 4) is 0 Å². The Hall–Kier alpha value is -4.07. The third-order valence-corrected chi connectivity index (χ3v) is 8.24. The predicted octanol–water partition coefficient (Wildman–Crippen LogP) is 5.98. The van der Waals surface area contributed by atoms with Gasteiger partial charge in [0.15, 0.2) is 5.54 Å². The summed E-state index contributed by atoms with van der Waals surface area (Å²) in [4.78, 5) is 34.3. The van der Waals surface area contributed by atoms with Crippen LogP contribution in [0.4, 0.5) is 13.2 Å². The number of nitrogens with one attached hydrogen (secondary N) is 1. The molecule has 8 heteroatoms. The summed E-state index contributed by atoms with van der Waals surface area (Å²) in [6, 6.07) is 21.1. The second kappa shape index (κ2) is 9.00. The van der Waals surface area contributed by atoms with Gasteiger partial charge in [0.1, 0.15) is 6.54 Å². The van der Waals surface area contributed by atoms with E-state index in [4.69, 9.17) is 0 Å². The third kappa shape index (κ3) is 4.01. The molecule has 5 nitrogen and oxygen atoms in total. The van der Waals surface area contributed by atoms with E-state index in [1.165, 1.54) is 16.5 Å². The second-order valence-corrected chi connectivity index (χ2v) is 10.5. The summed E-state index contributed by atoms with van der Waals surface area (Å²) in [5.41, 5.74) is 3.02. The summed E-state index contributed by atoms with van der Waals surface area (Å²) >= 11 is 0. The third-order valence-electron chi connectivity index (χ3n) is 8.24. The first-order valence-electron chi connectivity index (χ1n) is 13.1. The zero-order valence-electron chi connectivity index (χ0n) is 21.7. The molecule has 1 fully saturated rings. The molecule has 0 bridgehead atoms. The second-order valence-electron chi connectivity index (χ2n) is 10.5. The van der Waals surface area contributed by atoms with Gasteiger partial charge in [-0.3, -0.25) is 9.59 Å². The number of carbonyl (C=O) groups excluding carboxylic acids is 2. The number of halogens is 3. The van der Waals surface area contributed by atoms with Crippen molar-refractivity contribution in [3.63, 3.8) is 0 Å². The first-order valence-corrected chi connectivity index (χ1v) is 13.1. The summed E-state index contributed by atoms with van der Waals surface area (Å²) < 4.78 is 39.9. The van der Waals surface area contributed by atoms with Gasteiger partial charge in [0.25, 0.3) is 5.91 Å². The maximum absolute atomic E-state index is 14.2. The SMILES string of the molecule is CCc1ccc([C@H]2CN3C(=O)CN(Cc4cccc(C(F)(F)F)c4)C(=O)[C@]3(C)c3[nH]c4ccccc4c32)cc1. The molecule has 1 aromatic heterocycles. The van der Waals surface area contributed by atoms with Gasteiger partial charge in [-0.2, -0.15) is 13.2 Å². The predicted molar refractivity (Wildman–Crippen MR) is 142 cm³/mol. The molecule has 0 radical (unpaired) electrons. The van der Waals surface area contributed by atoms with Crippen molar-refractivity contribution in [2.24, 2.45) is 0 Å². The number of alkyl halides is 3. The summed E-state index contributed by atoms with van der Waals surface area (Å²) in [5.74, 6) is -0.683. The molecule has 6 rings (SSSR count). The van der Waals surface area contributed by atoms with Crippen molar-refractivity contribution >= 4 is 22.7 Å². The number of aromatic nitrogens is 1. The van der Waals surface area contributed by atoms with E-state index in [1.54, 1.807) is 17.9 Å². The molecule has 39 heavy (non-hydrogen) atoms. The summed E-state index contributed by atoms with van der Waals surface area (Å²) in [7, 11) is 0. The van der Waals surface area contributed by atoms with Crippen LogP contribution in [0.15, 0.2) is 72.8 Å². The minimum atomic E-state index is -4.49. The number of nitrogens with zero attached hydrogens (tertiary/aromatic N) is 2. The van der Waals surface area contributed by atoms with Crippen molar-refractivity contribution in [2.45, 2.75) is 44.4 Å². The molecule has 2 atom stereocenters. The molecule has 2 amide bonds. The van der Waals surface area contributed by atoms with E-state index in [0.717, 1.165) is 40.6 Å². The van der Waals surface area contributed by atoms with Gasteiger partial charge in [-0.1, -0.05) is 61.5 Å². The van der Waals surface area contributed by atoms with E-state index >= 15 is 0 Å². The molecule has 0 aliphatic carbocycles. The number of hydrogen-bond acceptors (Lipinski definition) is 2. The Bertz CT molecular complexity index is 1590. The van der Waals surface area contributed by atoms with Gasteiger partial charge in [0.2, 0.25) is 5.91 Å². The molecular formula is C31H28F3N3O2. The average Bonchev–Trinajstić information content (AvgIpc) is 3.32. The Morgan fingerprint density at radius 3 is 2.44 bits per heavy atom. The minimum absolute atomic E-state index is 0.0879. The standard InChI is InChI=1S/C31H28F3N3O2/c1-3-19-11-13-21(14-12-19)24-17-37-26(38)18-36(16-20-7-6-8-22(15-20)31(32,33)34)29(39)30(37,2)28-27(24)23-9-4-5-10-25(23)35-28/h4-15,24,35H,3,16-18H2,1-2H3/t24-,30+/m1/s1. The van der Waals surface area contributed by atoms with E-state index in [1.807, 2.05) is 24.3 Å². The highest BCUT2D eigenvalue weighted by Crippen LogP contribution is 2.48. The maximum Gasteiger partial charge on any atom is 0.416 e. The monoisotopic (exact) mass is 531 g/mol. The number of fused-ring (bicyclic) bond motifs is 5. The minimum Gasteiger partial charge on any atom is -0.356 e. The number of hydrogen-bond donors (Lipinski definition) is 1. The van der Waals surface area contributed by atoms with Crippen LogP contribution in [0.1, 0.15) is 53.3 Å². The van der Waals surface area contributed by atoms with Gasteiger partial charge in [0.05, 0.1) is 11.3 Å². The van der Waals surface area contributed by atoms with Crippen LogP contribution >= 0.6 is 0 Å². The number of carbonyl (C=O) groups is 2. The average molecular weight is 532 g/mol. The Labute approximate surface area is 224 Å². The molecular weight excluding hydrogens is 503 g/mol. The van der Waals surface area contributed by atoms with Crippen LogP contribution in [0, 0.1) is 0 Å². The van der Waals surface area contributed by atoms with Gasteiger partial charge in [-0.15, -0.1) is 0 Å². The largest absolute Gasteiger partial charge is 0.416 e. The first kappa shape index (κ1) is 25.2. The topological polar surface area (TPSA) is 56.4 Å². The molecule has 3 aromatic carbocycles. The Balaban J connectivity index is 1.45. The fourth-order valence-corrected chi connectivity index (χ4v) is 6.15. The summed E-state index contributed by atoms with van der Waals surface area (Å²) in [6.45, 7) is 3.90. The highest BCUT2D eigenvalue weighted by molar-refractivity contribution is 6.01. The number of rotatable bonds is 4. The fourth-order valence-electron chi connectivity index (χ4n) is 6.15. The lowest BCUT2D eigenvalue weighted by Gasteiger charge is -2.51. The molecule has 0 unspecified atom stereocenters. The van der Waals surface area contributed by atoms with E-state index in [2.05, 4.69) is 36.2 Å². The molecule has 2 aliphatic heterocycles. The smallest absolute Gasteiger partial charge is 0.356 e. The molecule has 0 saturated carbocycles. The van der Waals surface area contributed by atoms with Crippen LogP contribution in [0.5, 0.6) is 0 Å².